The number of fused-ring (bicyclic) bond motifs is 1. The number of ether oxygens (including phenoxy) is 1. The van der Waals surface area contributed by atoms with Crippen LogP contribution >= 0.6 is 0 Å². The number of anilines is 1. The molecular weight excluding hydrogens is 395 g/mol. The molecule has 0 spiro atoms. The highest BCUT2D eigenvalue weighted by molar-refractivity contribution is 5.99. The van der Waals surface area contributed by atoms with Crippen LogP contribution in [-0.2, 0) is 0 Å². The van der Waals surface area contributed by atoms with E-state index in [2.05, 4.69) is 11.1 Å². The fourth-order valence-corrected chi connectivity index (χ4v) is 3.79. The number of benzene rings is 2. The third-order valence-corrected chi connectivity index (χ3v) is 5.33. The van der Waals surface area contributed by atoms with E-state index in [1.54, 1.807) is 53.2 Å². The number of hydrogen-bond acceptors (Lipinski definition) is 5. The van der Waals surface area contributed by atoms with Crippen LogP contribution in [0.5, 0.6) is 11.6 Å². The molecule has 5 rings (SSSR count). The van der Waals surface area contributed by atoms with E-state index in [0.717, 1.165) is 12.8 Å². The van der Waals surface area contributed by atoms with E-state index in [9.17, 15) is 14.4 Å². The Bertz CT molecular complexity index is 1430. The molecule has 0 bridgehead atoms. The highest BCUT2D eigenvalue weighted by Crippen LogP contribution is 2.40. The van der Waals surface area contributed by atoms with E-state index >= 15 is 0 Å². The second-order valence-corrected chi connectivity index (χ2v) is 7.46. The highest BCUT2D eigenvalue weighted by atomic mass is 19.1. The molecule has 0 amide bonds. The zero-order valence-corrected chi connectivity index (χ0v) is 16.4. The molecule has 6 nitrogen and oxygen atoms in total. The first-order valence-corrected chi connectivity index (χ1v) is 9.83. The maximum Gasteiger partial charge on any atom is 0.259 e. The number of pyridine rings is 2. The van der Waals surface area contributed by atoms with Crippen molar-refractivity contribution in [3.05, 3.63) is 82.7 Å². The van der Waals surface area contributed by atoms with E-state index in [1.807, 2.05) is 0 Å². The van der Waals surface area contributed by atoms with Crippen molar-refractivity contribution in [2.24, 2.45) is 0 Å². The maximum atomic E-state index is 14.1. The van der Waals surface area contributed by atoms with Crippen LogP contribution in [0.25, 0.3) is 21.9 Å². The van der Waals surface area contributed by atoms with Crippen LogP contribution in [0.15, 0.2) is 65.6 Å². The van der Waals surface area contributed by atoms with E-state index in [-0.39, 0.29) is 23.2 Å². The fourth-order valence-electron chi connectivity index (χ4n) is 3.79. The van der Waals surface area contributed by atoms with Crippen LogP contribution in [0.3, 0.4) is 0 Å². The molecule has 2 aromatic heterocycles. The number of nitriles is 1. The molecule has 0 saturated heterocycles. The number of aromatic nitrogens is 2. The smallest absolute Gasteiger partial charge is 0.259 e. The first kappa shape index (κ1) is 18.8. The van der Waals surface area contributed by atoms with Gasteiger partial charge in [-0.15, -0.1) is 0 Å². The Kier molecular flexibility index (Phi) is 4.41. The van der Waals surface area contributed by atoms with Gasteiger partial charge in [-0.3, -0.25) is 9.36 Å². The van der Waals surface area contributed by atoms with Crippen LogP contribution < -0.4 is 16.0 Å². The van der Waals surface area contributed by atoms with Crippen molar-refractivity contribution in [2.75, 3.05) is 5.73 Å². The molecule has 0 aliphatic heterocycles. The minimum Gasteiger partial charge on any atom is -0.437 e. The van der Waals surface area contributed by atoms with Gasteiger partial charge in [0.1, 0.15) is 23.3 Å². The fraction of sp³-hybridized carbons (Fsp3) is 0.125. The quantitative estimate of drug-likeness (QED) is 0.520. The molecular formula is C24H17FN4O2. The van der Waals surface area contributed by atoms with Crippen molar-refractivity contribution < 1.29 is 9.13 Å². The zero-order valence-electron chi connectivity index (χ0n) is 16.4. The van der Waals surface area contributed by atoms with Gasteiger partial charge in [-0.2, -0.15) is 5.26 Å². The van der Waals surface area contributed by atoms with Gasteiger partial charge in [0.05, 0.1) is 5.69 Å². The van der Waals surface area contributed by atoms with Crippen LogP contribution in [0.1, 0.15) is 24.6 Å². The largest absolute Gasteiger partial charge is 0.437 e. The summed E-state index contributed by atoms with van der Waals surface area (Å²) in [6, 6.07) is 16.5. The van der Waals surface area contributed by atoms with Gasteiger partial charge in [0.2, 0.25) is 5.88 Å². The average Bonchev–Trinajstić information content (AvgIpc) is 3.60. The summed E-state index contributed by atoms with van der Waals surface area (Å²) in [7, 11) is 0. The van der Waals surface area contributed by atoms with E-state index in [4.69, 9.17) is 10.5 Å². The number of nitrogens with two attached hydrogens (primary N) is 1. The molecule has 2 N–H and O–H groups in total. The summed E-state index contributed by atoms with van der Waals surface area (Å²) >= 11 is 0. The summed E-state index contributed by atoms with van der Waals surface area (Å²) in [6.07, 6.45) is 3.23. The molecule has 1 saturated carbocycles. The van der Waals surface area contributed by atoms with E-state index < -0.39 is 5.82 Å². The topological polar surface area (TPSA) is 93.9 Å². The summed E-state index contributed by atoms with van der Waals surface area (Å²) in [6.45, 7) is 0. The van der Waals surface area contributed by atoms with E-state index in [1.165, 1.54) is 12.1 Å². The highest BCUT2D eigenvalue weighted by Gasteiger charge is 2.30. The lowest BCUT2D eigenvalue weighted by Crippen LogP contribution is -2.23. The molecule has 2 aromatic carbocycles. The molecule has 31 heavy (non-hydrogen) atoms. The SMILES string of the molecule is N#Cc1c(-c2cccc(F)c2)c2cc(Oc3ncccc3N)ccc2c(=O)n1C1CC1. The standard InChI is InChI=1S/C24H17FN4O2/c25-15-4-1-3-14(11-15)22-19-12-17(31-23-20(27)5-2-10-28-23)8-9-18(19)24(30)29(16-6-7-16)21(22)13-26/h1-5,8-12,16H,6-7,27H2. The zero-order chi connectivity index (χ0) is 21.5. The third-order valence-electron chi connectivity index (χ3n) is 5.33. The summed E-state index contributed by atoms with van der Waals surface area (Å²) in [4.78, 5) is 17.4. The van der Waals surface area contributed by atoms with Gasteiger partial charge in [-0.05, 0) is 60.9 Å². The predicted octanol–water partition coefficient (Wildman–Crippen LogP) is 4.78. The molecule has 2 heterocycles. The molecule has 0 unspecified atom stereocenters. The van der Waals surface area contributed by atoms with Gasteiger partial charge in [-0.1, -0.05) is 12.1 Å². The Morgan fingerprint density at radius 3 is 2.68 bits per heavy atom. The van der Waals surface area contributed by atoms with Crippen LogP contribution in [0, 0.1) is 17.1 Å². The lowest BCUT2D eigenvalue weighted by molar-refractivity contribution is 0.466. The maximum absolute atomic E-state index is 14.1. The van der Waals surface area contributed by atoms with Gasteiger partial charge in [-0.25, -0.2) is 9.37 Å². The molecule has 0 radical (unpaired) electrons. The monoisotopic (exact) mass is 412 g/mol. The van der Waals surface area contributed by atoms with Crippen LogP contribution in [0.2, 0.25) is 0 Å². The van der Waals surface area contributed by atoms with Gasteiger partial charge < -0.3 is 10.5 Å². The van der Waals surface area contributed by atoms with Crippen molar-refractivity contribution in [3.63, 3.8) is 0 Å². The Morgan fingerprint density at radius 1 is 1.13 bits per heavy atom. The molecule has 0 atom stereocenters. The lowest BCUT2D eigenvalue weighted by Gasteiger charge is -2.16. The number of nitrogen functional groups attached to an aromatic ring is 1. The van der Waals surface area contributed by atoms with Gasteiger partial charge in [0.15, 0.2) is 0 Å². The molecule has 4 aromatic rings. The number of nitrogens with zero attached hydrogens (tertiary/aromatic N) is 3. The molecule has 152 valence electrons. The Balaban J connectivity index is 1.80. The summed E-state index contributed by atoms with van der Waals surface area (Å²) in [5.41, 5.74) is 7.30. The van der Waals surface area contributed by atoms with Gasteiger partial charge in [0.25, 0.3) is 5.56 Å². The number of hydrogen-bond donors (Lipinski definition) is 1. The van der Waals surface area contributed by atoms with Crippen molar-refractivity contribution in [3.8, 4) is 28.8 Å². The Morgan fingerprint density at radius 2 is 1.97 bits per heavy atom. The average molecular weight is 412 g/mol. The van der Waals surface area contributed by atoms with Crippen LogP contribution in [0.4, 0.5) is 10.1 Å². The van der Waals surface area contributed by atoms with Crippen molar-refractivity contribution in [2.45, 2.75) is 18.9 Å². The minimum absolute atomic E-state index is 0.0110. The number of halogens is 1. The first-order chi connectivity index (χ1) is 15.1. The van der Waals surface area contributed by atoms with Gasteiger partial charge in [0, 0.05) is 28.6 Å². The summed E-state index contributed by atoms with van der Waals surface area (Å²) in [5, 5.41) is 10.9. The summed E-state index contributed by atoms with van der Waals surface area (Å²) in [5.74, 6) is 0.219. The first-order valence-electron chi connectivity index (χ1n) is 9.83. The third kappa shape index (κ3) is 3.28. The molecule has 1 aliphatic carbocycles. The lowest BCUT2D eigenvalue weighted by atomic mass is 9.96. The Labute approximate surface area is 177 Å². The van der Waals surface area contributed by atoms with Crippen molar-refractivity contribution in [1.82, 2.24) is 9.55 Å². The predicted molar refractivity (Wildman–Crippen MR) is 115 cm³/mol. The van der Waals surface area contributed by atoms with Crippen LogP contribution in [-0.4, -0.2) is 9.55 Å². The van der Waals surface area contributed by atoms with Crippen molar-refractivity contribution in [1.29, 1.82) is 5.26 Å². The second-order valence-electron chi connectivity index (χ2n) is 7.46. The van der Waals surface area contributed by atoms with Gasteiger partial charge >= 0.3 is 0 Å². The summed E-state index contributed by atoms with van der Waals surface area (Å²) < 4.78 is 21.4. The minimum atomic E-state index is -0.424. The second kappa shape index (κ2) is 7.26. The van der Waals surface area contributed by atoms with E-state index in [0.29, 0.717) is 33.3 Å². The van der Waals surface area contributed by atoms with Crippen molar-refractivity contribution >= 4 is 16.5 Å². The molecule has 1 fully saturated rings. The number of rotatable bonds is 4. The Hall–Kier alpha value is -4.18. The normalized spacial score (nSPS) is 13.2. The molecule has 7 heteroatoms. The molecule has 1 aliphatic rings.